The number of allylic oxidation sites excluding steroid dienone is 4. The number of nitrogens with one attached hydrogen (secondary N) is 1. The molecule has 4 aliphatic carbocycles. The van der Waals surface area contributed by atoms with Crippen molar-refractivity contribution in [3.8, 4) is 5.75 Å². The van der Waals surface area contributed by atoms with E-state index in [1.54, 1.807) is 21.0 Å². The second kappa shape index (κ2) is 12.7. The zero-order valence-corrected chi connectivity index (χ0v) is 30.9. The van der Waals surface area contributed by atoms with Crippen LogP contribution in [0.1, 0.15) is 108 Å². The van der Waals surface area contributed by atoms with Gasteiger partial charge in [0.1, 0.15) is 5.75 Å². The van der Waals surface area contributed by atoms with Gasteiger partial charge in [-0.2, -0.15) is 0 Å². The van der Waals surface area contributed by atoms with Crippen LogP contribution in [0.15, 0.2) is 52.6 Å². The van der Waals surface area contributed by atoms with E-state index < -0.39 is 21.2 Å². The maximum Gasteiger partial charge on any atom is 0.265 e. The van der Waals surface area contributed by atoms with E-state index in [0.29, 0.717) is 31.0 Å². The lowest BCUT2D eigenvalue weighted by molar-refractivity contribution is -0.142. The molecule has 1 saturated heterocycles. The third kappa shape index (κ3) is 5.47. The quantitative estimate of drug-likeness (QED) is 0.379. The van der Waals surface area contributed by atoms with Crippen LogP contribution in [0, 0.1) is 5.92 Å². The Hall–Kier alpha value is -3.37. The lowest BCUT2D eigenvalue weighted by Gasteiger charge is -2.52. The minimum atomic E-state index is -3.82. The summed E-state index contributed by atoms with van der Waals surface area (Å²) in [7, 11) is 0.126. The number of rotatable bonds is 6. The van der Waals surface area contributed by atoms with Crippen molar-refractivity contribution in [2.75, 3.05) is 33.8 Å². The number of sulfonamides is 1. The Morgan fingerprint density at radius 2 is 1.76 bits per heavy atom. The average Bonchev–Trinajstić information content (AvgIpc) is 3.75. The molecule has 50 heavy (non-hydrogen) atoms. The van der Waals surface area contributed by atoms with Crippen LogP contribution in [-0.4, -0.2) is 79.2 Å². The molecule has 2 aliphatic heterocycles. The van der Waals surface area contributed by atoms with Gasteiger partial charge >= 0.3 is 0 Å². The highest BCUT2D eigenvalue weighted by atomic mass is 32.2. The summed E-state index contributed by atoms with van der Waals surface area (Å²) < 4.78 is 36.4. The molecule has 2 saturated carbocycles. The Bertz CT molecular complexity index is 1940. The van der Waals surface area contributed by atoms with Crippen molar-refractivity contribution in [3.63, 3.8) is 0 Å². The summed E-state index contributed by atoms with van der Waals surface area (Å²) in [5, 5.41) is 0.314. The molecule has 1 aromatic carbocycles. The minimum absolute atomic E-state index is 0.0386. The van der Waals surface area contributed by atoms with Crippen LogP contribution in [0.4, 0.5) is 0 Å². The van der Waals surface area contributed by atoms with Crippen LogP contribution >= 0.6 is 0 Å². The smallest absolute Gasteiger partial charge is 0.265 e. The number of carbonyl (C=O) groups excluding carboxylic acids is 2. The van der Waals surface area contributed by atoms with Gasteiger partial charge in [-0.3, -0.25) is 14.5 Å². The van der Waals surface area contributed by atoms with Gasteiger partial charge in [0.2, 0.25) is 15.9 Å². The Morgan fingerprint density at radius 1 is 1.02 bits per heavy atom. The fraction of sp³-hybridized carbons (Fsp3) is 0.600. The Balaban J connectivity index is 1.26. The van der Waals surface area contributed by atoms with E-state index in [0.717, 1.165) is 77.8 Å². The van der Waals surface area contributed by atoms with Crippen LogP contribution in [0.3, 0.4) is 0 Å². The number of ether oxygens (including phenoxy) is 1. The van der Waals surface area contributed by atoms with Crippen molar-refractivity contribution in [3.05, 3.63) is 63.9 Å². The van der Waals surface area contributed by atoms with Crippen LogP contribution < -0.4 is 9.46 Å². The van der Waals surface area contributed by atoms with Crippen molar-refractivity contribution in [2.45, 2.75) is 114 Å². The average molecular weight is 701 g/mol. The third-order valence-corrected chi connectivity index (χ3v) is 14.7. The molecule has 3 fully saturated rings. The summed E-state index contributed by atoms with van der Waals surface area (Å²) in [6.07, 6.45) is 16.7. The van der Waals surface area contributed by atoms with Crippen LogP contribution in [0.5, 0.6) is 5.75 Å². The number of hydrogen-bond donors (Lipinski definition) is 1. The van der Waals surface area contributed by atoms with E-state index in [1.807, 2.05) is 0 Å². The van der Waals surface area contributed by atoms with Gasteiger partial charge in [-0.1, -0.05) is 56.7 Å². The molecule has 2 aromatic rings. The number of likely N-dealkylation sites (N-methyl/N-ethyl adjacent to an activating group) is 1. The van der Waals surface area contributed by atoms with Crippen molar-refractivity contribution in [2.24, 2.45) is 5.92 Å². The predicted octanol–water partition coefficient (Wildman–Crippen LogP) is 6.31. The molecule has 9 nitrogen and oxygen atoms in total. The second-order valence-corrected chi connectivity index (χ2v) is 18.2. The first-order valence-electron chi connectivity index (χ1n) is 19.0. The van der Waals surface area contributed by atoms with Gasteiger partial charge in [-0.05, 0) is 93.3 Å². The highest BCUT2D eigenvalue weighted by Crippen LogP contribution is 2.55. The first kappa shape index (κ1) is 33.8. The highest BCUT2D eigenvalue weighted by molar-refractivity contribution is 7.90. The van der Waals surface area contributed by atoms with E-state index in [1.165, 1.54) is 44.1 Å². The normalized spacial score (nSPS) is 25.4. The standard InChI is InChI=1S/C40H52N4O5S/c1-25(2)50(47,48)41-38(45)36-31-23-44-32(22-30-33(49-4)17-16-27(37(30)44)26-12-7-5-8-13-26)34-28(35(31)36)14-11-15-29(34)39(46)43-21-20-42(3)40(24-43)18-9-6-10-19-40/h11,14,16-17,22,25-26,29,34H,5-10,12-13,15,18-21,23-24H2,1-4H3,(H,41,45)/t29-,34?/m1/s1. The molecule has 2 amide bonds. The largest absolute Gasteiger partial charge is 0.496 e. The van der Waals surface area contributed by atoms with E-state index in [-0.39, 0.29) is 23.3 Å². The molecule has 8 rings (SSSR count). The summed E-state index contributed by atoms with van der Waals surface area (Å²) in [6, 6.07) is 6.58. The molecule has 1 spiro atoms. The Kier molecular flexibility index (Phi) is 8.57. The monoisotopic (exact) mass is 700 g/mol. The van der Waals surface area contributed by atoms with Gasteiger partial charge in [0.25, 0.3) is 5.91 Å². The predicted molar refractivity (Wildman–Crippen MR) is 196 cm³/mol. The number of amides is 2. The number of piperazine rings is 1. The Morgan fingerprint density at radius 3 is 2.48 bits per heavy atom. The number of benzene rings is 1. The summed E-state index contributed by atoms with van der Waals surface area (Å²) in [4.78, 5) is 33.4. The molecule has 0 bridgehead atoms. The lowest BCUT2D eigenvalue weighted by atomic mass is 9.74. The van der Waals surface area contributed by atoms with E-state index in [4.69, 9.17) is 4.74 Å². The second-order valence-electron chi connectivity index (χ2n) is 16.0. The van der Waals surface area contributed by atoms with E-state index in [9.17, 15) is 18.0 Å². The van der Waals surface area contributed by atoms with Gasteiger partial charge in [-0.25, -0.2) is 13.1 Å². The molecular weight excluding hydrogens is 649 g/mol. The van der Waals surface area contributed by atoms with Crippen LogP contribution in [0.25, 0.3) is 10.9 Å². The van der Waals surface area contributed by atoms with Crippen LogP contribution in [-0.2, 0) is 26.2 Å². The van der Waals surface area contributed by atoms with Gasteiger partial charge in [-0.15, -0.1) is 0 Å². The number of carbonyl (C=O) groups is 2. The summed E-state index contributed by atoms with van der Waals surface area (Å²) >= 11 is 0. The third-order valence-electron chi connectivity index (χ3n) is 13.0. The van der Waals surface area contributed by atoms with Gasteiger partial charge in [0.05, 0.1) is 29.4 Å². The summed E-state index contributed by atoms with van der Waals surface area (Å²) in [5.41, 5.74) is 6.68. The first-order chi connectivity index (χ1) is 24.0. The molecular formula is C40H52N4O5S. The van der Waals surface area contributed by atoms with E-state index in [2.05, 4.69) is 56.5 Å². The van der Waals surface area contributed by atoms with Gasteiger partial charge in [0.15, 0.2) is 0 Å². The molecule has 1 N–H and O–H groups in total. The van der Waals surface area contributed by atoms with E-state index >= 15 is 0 Å². The molecule has 0 radical (unpaired) electrons. The zero-order chi connectivity index (χ0) is 34.9. The fourth-order valence-electron chi connectivity index (χ4n) is 10.0. The highest BCUT2D eigenvalue weighted by Gasteiger charge is 2.50. The molecule has 268 valence electrons. The molecule has 1 unspecified atom stereocenters. The number of hydrogen-bond acceptors (Lipinski definition) is 6. The number of methoxy groups -OCH3 is 1. The molecule has 6 aliphatic rings. The van der Waals surface area contributed by atoms with Crippen molar-refractivity contribution >= 4 is 32.7 Å². The minimum Gasteiger partial charge on any atom is -0.496 e. The lowest BCUT2D eigenvalue weighted by Crippen LogP contribution is -2.63. The molecule has 2 atom stereocenters. The molecule has 10 heteroatoms. The number of nitrogens with zero attached hydrogens (tertiary/aromatic N) is 3. The molecule has 3 heterocycles. The zero-order valence-electron chi connectivity index (χ0n) is 30.1. The van der Waals surface area contributed by atoms with Gasteiger partial charge < -0.3 is 14.2 Å². The number of fused-ring (bicyclic) bond motifs is 6. The van der Waals surface area contributed by atoms with Crippen LogP contribution in [0.2, 0.25) is 0 Å². The van der Waals surface area contributed by atoms with Gasteiger partial charge in [0, 0.05) is 48.7 Å². The summed E-state index contributed by atoms with van der Waals surface area (Å²) in [6.45, 7) is 5.94. The van der Waals surface area contributed by atoms with Crippen molar-refractivity contribution in [1.29, 1.82) is 0 Å². The molecule has 1 aromatic heterocycles. The number of aromatic nitrogens is 1. The SMILES string of the molecule is COc1ccc(C2CCCCC2)c2c1cc1n2CC2=C(C(=O)NS(=O)(=O)C(C)C)C2=C2C=CC[C@@H](C(=O)N3CCN(C)C4(CCCCC4)C3)C21. The Labute approximate surface area is 296 Å². The fourth-order valence-corrected chi connectivity index (χ4v) is 10.6. The van der Waals surface area contributed by atoms with Crippen molar-refractivity contribution < 1.29 is 22.7 Å². The summed E-state index contributed by atoms with van der Waals surface area (Å²) in [5.74, 6) is 0.250. The topological polar surface area (TPSA) is 101 Å². The van der Waals surface area contributed by atoms with Crippen molar-refractivity contribution in [1.82, 2.24) is 19.1 Å². The first-order valence-corrected chi connectivity index (χ1v) is 20.5. The maximum atomic E-state index is 15.0. The maximum absolute atomic E-state index is 15.0.